The van der Waals surface area contributed by atoms with Crippen LogP contribution in [-0.4, -0.2) is 27.8 Å². The predicted molar refractivity (Wildman–Crippen MR) is 126 cm³/mol. The van der Waals surface area contributed by atoms with Crippen LogP contribution < -0.4 is 5.43 Å². The average molecular weight is 436 g/mol. The summed E-state index contributed by atoms with van der Waals surface area (Å²) in [4.78, 5) is 16.4. The van der Waals surface area contributed by atoms with Gasteiger partial charge in [0.15, 0.2) is 0 Å². The summed E-state index contributed by atoms with van der Waals surface area (Å²) in [7, 11) is 0. The SMILES string of the molecule is C/C(=N\NC(=O)c1ccncc1)C1=CC[C@@H]2[C@H]3CC[C@H]4C[C@H](O)CC[C@]4(C)[C@@H]3CC[C@@]12C. The van der Waals surface area contributed by atoms with Gasteiger partial charge in [0, 0.05) is 18.0 Å². The lowest BCUT2D eigenvalue weighted by Gasteiger charge is -2.60. The van der Waals surface area contributed by atoms with E-state index >= 15 is 0 Å². The Kier molecular flexibility index (Phi) is 5.51. The molecule has 172 valence electrons. The second-order valence-corrected chi connectivity index (χ2v) is 11.3. The lowest BCUT2D eigenvalue weighted by Crippen LogP contribution is -2.53. The van der Waals surface area contributed by atoms with Gasteiger partial charge in [-0.2, -0.15) is 5.10 Å². The maximum atomic E-state index is 12.4. The Balaban J connectivity index is 1.32. The fourth-order valence-electron chi connectivity index (χ4n) is 8.13. The zero-order chi connectivity index (χ0) is 22.5. The van der Waals surface area contributed by atoms with Crippen molar-refractivity contribution in [3.63, 3.8) is 0 Å². The number of hydrazone groups is 1. The number of aromatic nitrogens is 1. The number of amides is 1. The molecule has 1 amide bonds. The van der Waals surface area contributed by atoms with Gasteiger partial charge in [-0.1, -0.05) is 19.9 Å². The van der Waals surface area contributed by atoms with Crippen molar-refractivity contribution >= 4 is 11.6 Å². The van der Waals surface area contributed by atoms with Gasteiger partial charge in [-0.25, -0.2) is 5.43 Å². The minimum atomic E-state index is -0.193. The quantitative estimate of drug-likeness (QED) is 0.511. The van der Waals surface area contributed by atoms with Crippen LogP contribution in [0.2, 0.25) is 0 Å². The van der Waals surface area contributed by atoms with E-state index in [9.17, 15) is 9.90 Å². The van der Waals surface area contributed by atoms with Crippen molar-refractivity contribution in [1.82, 2.24) is 10.4 Å². The Morgan fingerprint density at radius 3 is 2.69 bits per heavy atom. The topological polar surface area (TPSA) is 74.6 Å². The molecular formula is C27H37N3O2. The number of nitrogens with one attached hydrogen (secondary N) is 1. The van der Waals surface area contributed by atoms with Gasteiger partial charge in [-0.3, -0.25) is 9.78 Å². The minimum absolute atomic E-state index is 0.0838. The van der Waals surface area contributed by atoms with Crippen LogP contribution in [-0.2, 0) is 0 Å². The highest BCUT2D eigenvalue weighted by molar-refractivity contribution is 6.01. The first-order chi connectivity index (χ1) is 15.3. The van der Waals surface area contributed by atoms with Crippen LogP contribution in [0.4, 0.5) is 0 Å². The van der Waals surface area contributed by atoms with E-state index in [2.05, 4.69) is 35.4 Å². The second kappa shape index (κ2) is 8.09. The van der Waals surface area contributed by atoms with Gasteiger partial charge in [-0.15, -0.1) is 0 Å². The number of carbonyl (C=O) groups excluding carboxylic acids is 1. The molecule has 0 radical (unpaired) electrons. The molecular weight excluding hydrogens is 398 g/mol. The lowest BCUT2D eigenvalue weighted by molar-refractivity contribution is -0.117. The van der Waals surface area contributed by atoms with E-state index < -0.39 is 0 Å². The molecule has 4 aliphatic carbocycles. The van der Waals surface area contributed by atoms with Crippen molar-refractivity contribution in [3.8, 4) is 0 Å². The van der Waals surface area contributed by atoms with E-state index in [1.165, 1.54) is 37.7 Å². The second-order valence-electron chi connectivity index (χ2n) is 11.3. The third-order valence-electron chi connectivity index (χ3n) is 9.88. The van der Waals surface area contributed by atoms with Crippen molar-refractivity contribution in [2.75, 3.05) is 0 Å². The molecule has 5 heteroatoms. The van der Waals surface area contributed by atoms with Gasteiger partial charge >= 0.3 is 0 Å². The number of aliphatic hydroxyl groups excluding tert-OH is 1. The van der Waals surface area contributed by atoms with Crippen molar-refractivity contribution in [2.45, 2.75) is 78.2 Å². The molecule has 2 N–H and O–H groups in total. The van der Waals surface area contributed by atoms with E-state index in [1.807, 2.05) is 6.92 Å². The highest BCUT2D eigenvalue weighted by atomic mass is 16.3. The highest BCUT2D eigenvalue weighted by Crippen LogP contribution is 2.66. The van der Waals surface area contributed by atoms with Crippen LogP contribution in [0.5, 0.6) is 0 Å². The Bertz CT molecular complexity index is 941. The lowest BCUT2D eigenvalue weighted by atomic mass is 9.44. The van der Waals surface area contributed by atoms with Gasteiger partial charge in [0.05, 0.1) is 11.8 Å². The van der Waals surface area contributed by atoms with Gasteiger partial charge < -0.3 is 5.11 Å². The van der Waals surface area contributed by atoms with Gasteiger partial charge in [-0.05, 0) is 110 Å². The summed E-state index contributed by atoms with van der Waals surface area (Å²) in [5.74, 6) is 2.71. The smallest absolute Gasteiger partial charge is 0.271 e. The van der Waals surface area contributed by atoms with E-state index in [0.717, 1.165) is 36.8 Å². The maximum Gasteiger partial charge on any atom is 0.271 e. The van der Waals surface area contributed by atoms with E-state index in [4.69, 9.17) is 0 Å². The number of nitrogens with zero attached hydrogens (tertiary/aromatic N) is 2. The van der Waals surface area contributed by atoms with E-state index in [1.54, 1.807) is 24.5 Å². The third-order valence-corrected chi connectivity index (χ3v) is 9.88. The molecule has 5 nitrogen and oxygen atoms in total. The summed E-state index contributed by atoms with van der Waals surface area (Å²) in [6, 6.07) is 3.41. The van der Waals surface area contributed by atoms with E-state index in [-0.39, 0.29) is 17.4 Å². The number of fused-ring (bicyclic) bond motifs is 5. The average Bonchev–Trinajstić information content (AvgIpc) is 3.15. The Labute approximate surface area is 191 Å². The van der Waals surface area contributed by atoms with Crippen LogP contribution in [0.3, 0.4) is 0 Å². The van der Waals surface area contributed by atoms with Gasteiger partial charge in [0.2, 0.25) is 0 Å². The molecule has 0 aliphatic heterocycles. The fraction of sp³-hybridized carbons (Fsp3) is 0.667. The Hall–Kier alpha value is -2.01. The third kappa shape index (κ3) is 3.44. The normalized spacial score (nSPS) is 41.2. The summed E-state index contributed by atoms with van der Waals surface area (Å²) in [6.45, 7) is 7.02. The molecule has 7 atom stereocenters. The number of carbonyl (C=O) groups is 1. The molecule has 1 aromatic rings. The molecule has 0 saturated heterocycles. The number of rotatable bonds is 3. The fourth-order valence-corrected chi connectivity index (χ4v) is 8.13. The summed E-state index contributed by atoms with van der Waals surface area (Å²) in [5.41, 5.74) is 6.14. The first kappa shape index (κ1) is 21.8. The molecule has 0 unspecified atom stereocenters. The molecule has 4 aliphatic rings. The molecule has 0 spiro atoms. The largest absolute Gasteiger partial charge is 0.393 e. The predicted octanol–water partition coefficient (Wildman–Crippen LogP) is 5.13. The highest BCUT2D eigenvalue weighted by Gasteiger charge is 2.58. The van der Waals surface area contributed by atoms with Crippen LogP contribution in [0, 0.1) is 34.5 Å². The molecule has 1 aromatic heterocycles. The zero-order valence-corrected chi connectivity index (χ0v) is 19.7. The summed E-state index contributed by atoms with van der Waals surface area (Å²) < 4.78 is 0. The van der Waals surface area contributed by atoms with Crippen LogP contribution in [0.15, 0.2) is 41.3 Å². The van der Waals surface area contributed by atoms with Gasteiger partial charge in [0.25, 0.3) is 5.91 Å². The molecule has 0 bridgehead atoms. The number of hydrogen-bond donors (Lipinski definition) is 2. The first-order valence-corrected chi connectivity index (χ1v) is 12.5. The summed E-state index contributed by atoms with van der Waals surface area (Å²) in [6.07, 6.45) is 14.9. The van der Waals surface area contributed by atoms with Crippen molar-refractivity contribution in [3.05, 3.63) is 41.7 Å². The molecule has 32 heavy (non-hydrogen) atoms. The molecule has 1 heterocycles. The van der Waals surface area contributed by atoms with Crippen molar-refractivity contribution in [1.29, 1.82) is 0 Å². The van der Waals surface area contributed by atoms with Crippen LogP contribution in [0.1, 0.15) is 82.5 Å². The summed E-state index contributed by atoms with van der Waals surface area (Å²) in [5, 5.41) is 14.8. The zero-order valence-electron chi connectivity index (χ0n) is 19.7. The van der Waals surface area contributed by atoms with Crippen LogP contribution in [0.25, 0.3) is 0 Å². The van der Waals surface area contributed by atoms with Gasteiger partial charge in [0.1, 0.15) is 0 Å². The monoisotopic (exact) mass is 435 g/mol. The molecule has 5 rings (SSSR count). The van der Waals surface area contributed by atoms with Crippen molar-refractivity contribution < 1.29 is 9.90 Å². The number of aliphatic hydroxyl groups is 1. The maximum absolute atomic E-state index is 12.4. The standard InChI is InChI=1S/C27H37N3O2/c1-17(29-30-25(32)18-10-14-28-15-11-18)22-6-7-23-21-5-4-19-16-20(31)8-12-26(19,2)24(21)9-13-27(22,23)3/h6,10-11,14-15,19-21,23-24,31H,4-5,7-9,12-13,16H2,1-3H3,(H,30,32)/b29-17+/t19-,20+,21+,23+,24+,26-,27-/m0/s1. The number of pyridine rings is 1. The number of allylic oxidation sites excluding steroid dienone is 2. The summed E-state index contributed by atoms with van der Waals surface area (Å²) >= 11 is 0. The molecule has 3 saturated carbocycles. The van der Waals surface area contributed by atoms with E-state index in [0.29, 0.717) is 22.8 Å². The molecule has 0 aromatic carbocycles. The van der Waals surface area contributed by atoms with Crippen LogP contribution >= 0.6 is 0 Å². The van der Waals surface area contributed by atoms with Crippen molar-refractivity contribution in [2.24, 2.45) is 39.6 Å². The first-order valence-electron chi connectivity index (χ1n) is 12.5. The Morgan fingerprint density at radius 1 is 1.12 bits per heavy atom. The molecule has 3 fully saturated rings. The Morgan fingerprint density at radius 2 is 1.91 bits per heavy atom. The minimum Gasteiger partial charge on any atom is -0.393 e. The number of hydrogen-bond acceptors (Lipinski definition) is 4.